The molecule has 3 rings (SSSR count). The number of hydrogen-bond acceptors (Lipinski definition) is 5. The van der Waals surface area contributed by atoms with Crippen LogP contribution in [-0.4, -0.2) is 52.5 Å². The number of unbranched alkanes of at least 4 members (excludes halogenated alkanes) is 1. The van der Waals surface area contributed by atoms with Gasteiger partial charge >= 0.3 is 5.97 Å². The van der Waals surface area contributed by atoms with Crippen molar-refractivity contribution in [2.45, 2.75) is 19.8 Å². The molecule has 1 aromatic carbocycles. The number of pyridine rings is 1. The first-order valence-corrected chi connectivity index (χ1v) is 8.43. The number of hydrogen-bond donors (Lipinski definition) is 1. The van der Waals surface area contributed by atoms with E-state index in [-0.39, 0.29) is 11.5 Å². The first-order valence-electron chi connectivity index (χ1n) is 8.43. The van der Waals surface area contributed by atoms with Crippen LogP contribution in [0.2, 0.25) is 0 Å². The molecule has 2 heterocycles. The van der Waals surface area contributed by atoms with E-state index in [1.165, 1.54) is 6.20 Å². The number of carbonyl (C=O) groups excluding carboxylic acids is 2. The number of carboxylic acid groups (broad SMARTS) is 1. The molecule has 7 heteroatoms. The Hall–Kier alpha value is -3.09. The topological polar surface area (TPSA) is 99.9 Å². The van der Waals surface area contributed by atoms with Crippen LogP contribution in [-0.2, 0) is 4.79 Å². The summed E-state index contributed by atoms with van der Waals surface area (Å²) in [4.78, 5) is 46.0. The third-order valence-electron chi connectivity index (χ3n) is 4.43. The molecule has 1 aliphatic rings. The van der Waals surface area contributed by atoms with E-state index in [1.54, 1.807) is 30.1 Å². The van der Waals surface area contributed by atoms with Crippen LogP contribution in [0.5, 0.6) is 0 Å². The summed E-state index contributed by atoms with van der Waals surface area (Å²) in [5.74, 6) is -3.12. The Kier molecular flexibility index (Phi) is 4.79. The highest BCUT2D eigenvalue weighted by molar-refractivity contribution is 6.24. The summed E-state index contributed by atoms with van der Waals surface area (Å²) in [5.41, 5.74) is 1.52. The van der Waals surface area contributed by atoms with Gasteiger partial charge in [0, 0.05) is 37.0 Å². The van der Waals surface area contributed by atoms with Gasteiger partial charge in [-0.25, -0.2) is 0 Å². The lowest BCUT2D eigenvalue weighted by atomic mass is 9.93. The molecule has 1 amide bonds. The molecule has 0 fully saturated rings. The third kappa shape index (κ3) is 3.08. The predicted octanol–water partition coefficient (Wildman–Crippen LogP) is 2.71. The average molecular weight is 353 g/mol. The van der Waals surface area contributed by atoms with E-state index < -0.39 is 17.7 Å². The molecular weight excluding hydrogens is 334 g/mol. The lowest BCUT2D eigenvalue weighted by Crippen LogP contribution is -2.28. The minimum absolute atomic E-state index is 0.115. The smallest absolute Gasteiger partial charge is 0.319 e. The Morgan fingerprint density at radius 1 is 1.31 bits per heavy atom. The van der Waals surface area contributed by atoms with E-state index in [2.05, 4.69) is 16.9 Å². The molecule has 1 atom stereocenters. The highest BCUT2D eigenvalue weighted by Gasteiger charge is 2.31. The van der Waals surface area contributed by atoms with Crippen LogP contribution in [0.4, 0.5) is 5.69 Å². The Labute approximate surface area is 150 Å². The number of carboxylic acids is 1. The van der Waals surface area contributed by atoms with Crippen molar-refractivity contribution in [2.75, 3.05) is 13.6 Å². The number of fused-ring (bicyclic) bond motifs is 3. The molecule has 1 aromatic heterocycles. The summed E-state index contributed by atoms with van der Waals surface area (Å²) in [5, 5.41) is 9.77. The second-order valence-electron chi connectivity index (χ2n) is 6.30. The Balaban J connectivity index is 1.98. The molecule has 0 spiro atoms. The number of aliphatic carboxylic acids is 1. The van der Waals surface area contributed by atoms with E-state index in [9.17, 15) is 14.4 Å². The first-order chi connectivity index (χ1) is 12.4. The maximum atomic E-state index is 12.5. The van der Waals surface area contributed by atoms with Crippen molar-refractivity contribution < 1.29 is 19.5 Å². The molecule has 26 heavy (non-hydrogen) atoms. The summed E-state index contributed by atoms with van der Waals surface area (Å²) >= 11 is 0. The van der Waals surface area contributed by atoms with Gasteiger partial charge in [-0.3, -0.25) is 24.4 Å². The van der Waals surface area contributed by atoms with Crippen molar-refractivity contribution in [3.63, 3.8) is 0 Å². The molecule has 0 aliphatic carbocycles. The molecular formula is C19H19N3O4. The minimum atomic E-state index is -1.27. The second kappa shape index (κ2) is 7.03. The van der Waals surface area contributed by atoms with Crippen molar-refractivity contribution in [3.8, 4) is 0 Å². The predicted molar refractivity (Wildman–Crippen MR) is 97.2 cm³/mol. The molecule has 7 nitrogen and oxygen atoms in total. The number of nitrogens with zero attached hydrogens (tertiary/aromatic N) is 3. The van der Waals surface area contributed by atoms with E-state index in [4.69, 9.17) is 5.11 Å². The minimum Gasteiger partial charge on any atom is -0.480 e. The quantitative estimate of drug-likeness (QED) is 0.833. The van der Waals surface area contributed by atoms with Gasteiger partial charge in [-0.1, -0.05) is 19.4 Å². The highest BCUT2D eigenvalue weighted by atomic mass is 16.4. The summed E-state index contributed by atoms with van der Waals surface area (Å²) in [7, 11) is 1.75. The van der Waals surface area contributed by atoms with Crippen molar-refractivity contribution in [1.29, 1.82) is 0 Å². The molecule has 0 bridgehead atoms. The van der Waals surface area contributed by atoms with Crippen molar-refractivity contribution in [1.82, 2.24) is 9.88 Å². The molecule has 0 saturated carbocycles. The van der Waals surface area contributed by atoms with Crippen LogP contribution < -0.4 is 0 Å². The van der Waals surface area contributed by atoms with Crippen molar-refractivity contribution >= 4 is 40.5 Å². The van der Waals surface area contributed by atoms with E-state index in [0.29, 0.717) is 28.7 Å². The molecule has 0 saturated heterocycles. The van der Waals surface area contributed by atoms with E-state index in [0.717, 1.165) is 19.1 Å². The number of ketones is 1. The Bertz CT molecular complexity index is 936. The average Bonchev–Trinajstić information content (AvgIpc) is 2.64. The zero-order chi connectivity index (χ0) is 18.8. The number of rotatable bonds is 5. The van der Waals surface area contributed by atoms with Gasteiger partial charge in [-0.05, 0) is 18.6 Å². The first kappa shape index (κ1) is 17.7. The highest BCUT2D eigenvalue weighted by Crippen LogP contribution is 2.33. The van der Waals surface area contributed by atoms with Gasteiger partial charge in [0.2, 0.25) is 0 Å². The summed E-state index contributed by atoms with van der Waals surface area (Å²) in [6.45, 7) is 2.74. The zero-order valence-electron chi connectivity index (χ0n) is 14.6. The van der Waals surface area contributed by atoms with Crippen molar-refractivity contribution in [3.05, 3.63) is 35.5 Å². The molecule has 2 aromatic rings. The molecule has 1 unspecified atom stereocenters. The Morgan fingerprint density at radius 3 is 2.77 bits per heavy atom. The van der Waals surface area contributed by atoms with Crippen LogP contribution >= 0.6 is 0 Å². The van der Waals surface area contributed by atoms with Gasteiger partial charge < -0.3 is 10.0 Å². The summed E-state index contributed by atoms with van der Waals surface area (Å²) in [6.07, 6.45) is 4.53. The van der Waals surface area contributed by atoms with Crippen LogP contribution in [0.1, 0.15) is 40.5 Å². The number of benzene rings is 1. The van der Waals surface area contributed by atoms with Gasteiger partial charge in [-0.2, -0.15) is 0 Å². The fraction of sp³-hybridized carbons (Fsp3) is 0.316. The standard InChI is InChI=1S/C19H19N3O4/c1-3-4-7-22(2)18(24)12-8-11-5-6-13-16(15(11)20-9-12)21-10-14(17(13)23)19(25)26/h5-6,8-10,14H,3-4,7H2,1-2H3,(H,25,26). The SMILES string of the molecule is CCCCN(C)C(=O)c1cnc2c3c(ccc2c1)C(=O)C(C(=O)O)C=N3. The monoisotopic (exact) mass is 353 g/mol. The van der Waals surface area contributed by atoms with Crippen molar-refractivity contribution in [2.24, 2.45) is 10.9 Å². The summed E-state index contributed by atoms with van der Waals surface area (Å²) < 4.78 is 0. The van der Waals surface area contributed by atoms with E-state index >= 15 is 0 Å². The summed E-state index contributed by atoms with van der Waals surface area (Å²) in [6, 6.07) is 4.93. The lowest BCUT2D eigenvalue weighted by molar-refractivity contribution is -0.137. The second-order valence-corrected chi connectivity index (χ2v) is 6.30. The Morgan fingerprint density at radius 2 is 2.08 bits per heavy atom. The third-order valence-corrected chi connectivity index (χ3v) is 4.43. The normalized spacial score (nSPS) is 15.8. The number of aliphatic imine (C=N–C) groups is 1. The molecule has 0 radical (unpaired) electrons. The van der Waals surface area contributed by atoms with Gasteiger partial charge in [0.1, 0.15) is 0 Å². The molecule has 1 aliphatic heterocycles. The number of aromatic nitrogens is 1. The number of carbonyl (C=O) groups is 3. The maximum absolute atomic E-state index is 12.5. The van der Waals surface area contributed by atoms with Crippen LogP contribution in [0.15, 0.2) is 29.4 Å². The van der Waals surface area contributed by atoms with Gasteiger partial charge in [0.05, 0.1) is 16.8 Å². The molecule has 1 N–H and O–H groups in total. The lowest BCUT2D eigenvalue weighted by Gasteiger charge is -2.18. The van der Waals surface area contributed by atoms with Crippen LogP contribution in [0, 0.1) is 5.92 Å². The number of amides is 1. The fourth-order valence-corrected chi connectivity index (χ4v) is 2.91. The fourth-order valence-electron chi connectivity index (χ4n) is 2.91. The molecule has 134 valence electrons. The van der Waals surface area contributed by atoms with Gasteiger partial charge in [-0.15, -0.1) is 0 Å². The van der Waals surface area contributed by atoms with Crippen LogP contribution in [0.3, 0.4) is 0 Å². The van der Waals surface area contributed by atoms with E-state index in [1.807, 2.05) is 0 Å². The van der Waals surface area contributed by atoms with Gasteiger partial charge in [0.15, 0.2) is 11.7 Å². The number of Topliss-reactive ketones (excluding diaryl/α,β-unsaturated/α-hetero) is 1. The zero-order valence-corrected chi connectivity index (χ0v) is 14.6. The maximum Gasteiger partial charge on any atom is 0.319 e. The largest absolute Gasteiger partial charge is 0.480 e. The van der Waals surface area contributed by atoms with Crippen LogP contribution in [0.25, 0.3) is 10.9 Å². The van der Waals surface area contributed by atoms with Gasteiger partial charge in [0.25, 0.3) is 5.91 Å².